The Hall–Kier alpha value is -1.03. The summed E-state index contributed by atoms with van der Waals surface area (Å²) in [5.41, 5.74) is -0.143. The minimum absolute atomic E-state index is 0.0348. The van der Waals surface area contributed by atoms with Gasteiger partial charge in [-0.3, -0.25) is 5.32 Å². The number of thiophene rings is 1. The Balaban J connectivity index is 2.67. The number of hydrogen-bond donors (Lipinski definition) is 1. The maximum absolute atomic E-state index is 11.9. The van der Waals surface area contributed by atoms with Crippen LogP contribution in [0, 0.1) is 0 Å². The first kappa shape index (κ1) is 12.0. The molecule has 0 aliphatic carbocycles. The summed E-state index contributed by atoms with van der Waals surface area (Å²) in [4.78, 5) is 13.7. The maximum atomic E-state index is 11.9. The normalized spacial score (nSPS) is 11.2. The number of hydrogen-bond acceptors (Lipinski definition) is 2. The molecule has 84 valence electrons. The first-order chi connectivity index (χ1) is 6.95. The predicted molar refractivity (Wildman–Crippen MR) is 65.5 cm³/mol. The highest BCUT2D eigenvalue weighted by molar-refractivity contribution is 7.14. The molecule has 2 amide bonds. The molecule has 1 aromatic heterocycles. The minimum atomic E-state index is -0.143. The number of nitrogens with one attached hydrogen (secondary N) is 1. The van der Waals surface area contributed by atoms with Crippen LogP contribution in [0.1, 0.15) is 27.7 Å². The molecule has 3 nitrogen and oxygen atoms in total. The summed E-state index contributed by atoms with van der Waals surface area (Å²) in [5.74, 6) is 0. The highest BCUT2D eigenvalue weighted by Gasteiger charge is 2.24. The minimum Gasteiger partial charge on any atom is -0.320 e. The van der Waals surface area contributed by atoms with Gasteiger partial charge in [0.2, 0.25) is 0 Å². The summed E-state index contributed by atoms with van der Waals surface area (Å²) in [5, 5.41) is 5.72. The van der Waals surface area contributed by atoms with Crippen LogP contribution in [-0.2, 0) is 0 Å². The van der Waals surface area contributed by atoms with Crippen LogP contribution in [0.5, 0.6) is 0 Å². The van der Waals surface area contributed by atoms with Gasteiger partial charge < -0.3 is 4.90 Å². The van der Waals surface area contributed by atoms with Crippen molar-refractivity contribution in [2.24, 2.45) is 0 Å². The van der Waals surface area contributed by atoms with E-state index < -0.39 is 0 Å². The molecule has 1 rings (SSSR count). The second-order valence-corrected chi connectivity index (χ2v) is 5.27. The van der Waals surface area contributed by atoms with Crippen molar-refractivity contribution in [2.75, 3.05) is 11.9 Å². The summed E-state index contributed by atoms with van der Waals surface area (Å²) in [6.45, 7) is 8.79. The third-order valence-electron chi connectivity index (χ3n) is 2.12. The number of amides is 2. The Labute approximate surface area is 95.1 Å². The van der Waals surface area contributed by atoms with E-state index in [-0.39, 0.29) is 11.6 Å². The smallest absolute Gasteiger partial charge is 0.320 e. The first-order valence-corrected chi connectivity index (χ1v) is 5.95. The summed E-state index contributed by atoms with van der Waals surface area (Å²) in [6.07, 6.45) is 0. The van der Waals surface area contributed by atoms with Crippen molar-refractivity contribution in [3.8, 4) is 0 Å². The molecule has 0 bridgehead atoms. The fourth-order valence-electron chi connectivity index (χ4n) is 1.45. The number of carbonyl (C=O) groups excluding carboxylic acids is 1. The Morgan fingerprint density at radius 2 is 2.20 bits per heavy atom. The van der Waals surface area contributed by atoms with Gasteiger partial charge in [-0.05, 0) is 45.2 Å². The van der Waals surface area contributed by atoms with Crippen molar-refractivity contribution in [1.82, 2.24) is 4.90 Å². The van der Waals surface area contributed by atoms with Crippen molar-refractivity contribution in [2.45, 2.75) is 33.2 Å². The molecule has 0 saturated heterocycles. The molecular formula is C11H18N2OS. The number of rotatable bonds is 2. The van der Waals surface area contributed by atoms with Gasteiger partial charge in [-0.2, -0.15) is 0 Å². The molecule has 15 heavy (non-hydrogen) atoms. The van der Waals surface area contributed by atoms with E-state index in [0.717, 1.165) is 5.00 Å². The van der Waals surface area contributed by atoms with E-state index in [9.17, 15) is 4.79 Å². The summed E-state index contributed by atoms with van der Waals surface area (Å²) in [7, 11) is 0. The topological polar surface area (TPSA) is 32.3 Å². The molecule has 0 unspecified atom stereocenters. The quantitative estimate of drug-likeness (QED) is 0.823. The molecule has 4 heteroatoms. The van der Waals surface area contributed by atoms with Crippen molar-refractivity contribution in [3.05, 3.63) is 17.5 Å². The van der Waals surface area contributed by atoms with Crippen LogP contribution < -0.4 is 5.32 Å². The molecule has 1 aromatic rings. The monoisotopic (exact) mass is 226 g/mol. The number of nitrogens with zero attached hydrogens (tertiary/aromatic N) is 1. The van der Waals surface area contributed by atoms with Crippen LogP contribution in [-0.4, -0.2) is 23.0 Å². The fourth-order valence-corrected chi connectivity index (χ4v) is 2.05. The first-order valence-electron chi connectivity index (χ1n) is 5.07. The average Bonchev–Trinajstić information content (AvgIpc) is 2.54. The molecule has 1 heterocycles. The van der Waals surface area contributed by atoms with Crippen molar-refractivity contribution < 1.29 is 4.79 Å². The van der Waals surface area contributed by atoms with Crippen molar-refractivity contribution >= 4 is 22.4 Å². The van der Waals surface area contributed by atoms with Crippen LogP contribution in [0.15, 0.2) is 17.5 Å². The highest BCUT2D eigenvalue weighted by atomic mass is 32.1. The summed E-state index contributed by atoms with van der Waals surface area (Å²) in [6, 6.07) is 3.79. The lowest BCUT2D eigenvalue weighted by Crippen LogP contribution is -2.47. The fraction of sp³-hybridized carbons (Fsp3) is 0.545. The van der Waals surface area contributed by atoms with Crippen molar-refractivity contribution in [1.29, 1.82) is 0 Å². The molecule has 0 spiro atoms. The van der Waals surface area contributed by atoms with Crippen LogP contribution in [0.25, 0.3) is 0 Å². The molecule has 1 N–H and O–H groups in total. The van der Waals surface area contributed by atoms with Gasteiger partial charge in [-0.1, -0.05) is 0 Å². The highest BCUT2D eigenvalue weighted by Crippen LogP contribution is 2.18. The van der Waals surface area contributed by atoms with Gasteiger partial charge in [0.25, 0.3) is 0 Å². The van der Waals surface area contributed by atoms with Gasteiger partial charge in [0.15, 0.2) is 0 Å². The zero-order valence-corrected chi connectivity index (χ0v) is 10.5. The summed E-state index contributed by atoms with van der Waals surface area (Å²) >= 11 is 1.53. The lowest BCUT2D eigenvalue weighted by Gasteiger charge is -2.34. The van der Waals surface area contributed by atoms with E-state index in [4.69, 9.17) is 0 Å². The van der Waals surface area contributed by atoms with E-state index in [1.807, 2.05) is 50.1 Å². The zero-order chi connectivity index (χ0) is 11.5. The second-order valence-electron chi connectivity index (χ2n) is 4.32. The van der Waals surface area contributed by atoms with Gasteiger partial charge in [-0.15, -0.1) is 11.3 Å². The lowest BCUT2D eigenvalue weighted by molar-refractivity contribution is 0.162. The van der Waals surface area contributed by atoms with Crippen LogP contribution in [0.2, 0.25) is 0 Å². The molecule has 0 saturated carbocycles. The van der Waals surface area contributed by atoms with Gasteiger partial charge >= 0.3 is 6.03 Å². The van der Waals surface area contributed by atoms with Crippen molar-refractivity contribution in [3.63, 3.8) is 0 Å². The zero-order valence-electron chi connectivity index (χ0n) is 9.70. The van der Waals surface area contributed by atoms with E-state index in [1.165, 1.54) is 11.3 Å². The lowest BCUT2D eigenvalue weighted by atomic mass is 10.1. The molecule has 0 aromatic carbocycles. The van der Waals surface area contributed by atoms with Crippen LogP contribution in [0.4, 0.5) is 9.80 Å². The molecule has 0 aliphatic heterocycles. The van der Waals surface area contributed by atoms with E-state index >= 15 is 0 Å². The van der Waals surface area contributed by atoms with Gasteiger partial charge in [0, 0.05) is 12.1 Å². The Morgan fingerprint density at radius 3 is 2.60 bits per heavy atom. The number of anilines is 1. The second kappa shape index (κ2) is 4.66. The third kappa shape index (κ3) is 3.23. The van der Waals surface area contributed by atoms with Gasteiger partial charge in [-0.25, -0.2) is 4.79 Å². The Bertz CT molecular complexity index is 314. The molecule has 0 radical (unpaired) electrons. The van der Waals surface area contributed by atoms with Gasteiger partial charge in [0.05, 0.1) is 5.00 Å². The third-order valence-corrected chi connectivity index (χ3v) is 2.91. The average molecular weight is 226 g/mol. The van der Waals surface area contributed by atoms with Crippen LogP contribution >= 0.6 is 11.3 Å². The number of urea groups is 1. The predicted octanol–water partition coefficient (Wildman–Crippen LogP) is 3.40. The van der Waals surface area contributed by atoms with E-state index in [0.29, 0.717) is 6.54 Å². The molecule has 0 fully saturated rings. The molecular weight excluding hydrogens is 208 g/mol. The summed E-state index contributed by atoms with van der Waals surface area (Å²) < 4.78 is 0. The molecule has 0 atom stereocenters. The number of carbonyl (C=O) groups is 1. The van der Waals surface area contributed by atoms with E-state index in [1.54, 1.807) is 0 Å². The standard InChI is InChI=1S/C11H18N2OS/c1-5-13(11(2,3)4)10(14)12-9-7-6-8-15-9/h6-8H,5H2,1-4H3,(H,12,14). The van der Waals surface area contributed by atoms with E-state index in [2.05, 4.69) is 5.32 Å². The Kier molecular flexibility index (Phi) is 3.74. The largest absolute Gasteiger partial charge is 0.322 e. The maximum Gasteiger partial charge on any atom is 0.322 e. The Morgan fingerprint density at radius 1 is 1.53 bits per heavy atom. The van der Waals surface area contributed by atoms with Gasteiger partial charge in [0.1, 0.15) is 0 Å². The van der Waals surface area contributed by atoms with Crippen LogP contribution in [0.3, 0.4) is 0 Å². The SMILES string of the molecule is CCN(C(=O)Nc1cccs1)C(C)(C)C. The molecule has 0 aliphatic rings.